The second-order valence-corrected chi connectivity index (χ2v) is 18.6. The Morgan fingerprint density at radius 3 is 1.46 bits per heavy atom. The maximum atomic E-state index is 7.05. The monoisotopic (exact) mass is 768 g/mol. The van der Waals surface area contributed by atoms with Gasteiger partial charge in [-0.25, -0.2) is 9.97 Å². The van der Waals surface area contributed by atoms with Crippen molar-refractivity contribution in [2.75, 3.05) is 5.75 Å². The zero-order valence-corrected chi connectivity index (χ0v) is 36.0. The lowest BCUT2D eigenvalue weighted by atomic mass is 9.72. The summed E-state index contributed by atoms with van der Waals surface area (Å²) in [5, 5.41) is 0.0215. The number of nitrogens with zero attached hydrogens (tertiary/aromatic N) is 2. The third kappa shape index (κ3) is 8.84. The van der Waals surface area contributed by atoms with Gasteiger partial charge in [-0.2, -0.15) is 0 Å². The summed E-state index contributed by atoms with van der Waals surface area (Å²) < 4.78 is 14.1. The molecule has 4 nitrogen and oxygen atoms in total. The van der Waals surface area contributed by atoms with Crippen LogP contribution in [0.1, 0.15) is 149 Å². The predicted octanol–water partition coefficient (Wildman–Crippen LogP) is 14.5. The van der Waals surface area contributed by atoms with Crippen molar-refractivity contribution in [3.63, 3.8) is 0 Å². The van der Waals surface area contributed by atoms with Crippen LogP contribution in [0.15, 0.2) is 93.8 Å². The number of thioether (sulfide) groups is 1. The van der Waals surface area contributed by atoms with Gasteiger partial charge < -0.3 is 8.83 Å². The Balaban J connectivity index is 1.36. The van der Waals surface area contributed by atoms with E-state index in [4.69, 9.17) is 18.8 Å². The van der Waals surface area contributed by atoms with Gasteiger partial charge in [0, 0.05) is 17.6 Å². The van der Waals surface area contributed by atoms with Crippen molar-refractivity contribution in [3.8, 4) is 0 Å². The van der Waals surface area contributed by atoms with Gasteiger partial charge in [-0.05, 0) is 94.9 Å². The van der Waals surface area contributed by atoms with Gasteiger partial charge in [0.25, 0.3) is 0 Å². The highest BCUT2D eigenvalue weighted by Crippen LogP contribution is 2.59. The van der Waals surface area contributed by atoms with Crippen molar-refractivity contribution in [2.24, 2.45) is 23.7 Å². The van der Waals surface area contributed by atoms with E-state index in [1.54, 1.807) is 0 Å². The van der Waals surface area contributed by atoms with E-state index in [2.05, 4.69) is 140 Å². The molecule has 2 aromatic heterocycles. The molecule has 0 spiro atoms. The van der Waals surface area contributed by atoms with Crippen molar-refractivity contribution in [3.05, 3.63) is 130 Å². The Labute approximate surface area is 340 Å². The molecule has 0 radical (unpaired) electrons. The minimum absolute atomic E-state index is 0.0215. The van der Waals surface area contributed by atoms with Crippen LogP contribution in [0.5, 0.6) is 0 Å². The van der Waals surface area contributed by atoms with E-state index >= 15 is 0 Å². The average molecular weight is 769 g/mol. The SMILES string of the molecule is CCC(C)Cc1cc(CC(C)CC)c2oc(C3CSC(c4nc5cc(CC(C)CC)cc(CC(C)CC)c5o4)C(c4ccccc4)C3c3ccccc3)nc2c1. The standard InChI is InChI=1S/C51H64N2O2S/c1-9-32(5)23-36-27-40(25-34(7)11-3)47-43(29-36)52-50(54-47)42-31-56-49(46(39-21-17-14-18-22-39)45(42)38-19-15-13-16-20-38)51-53-44-30-37(24-33(6)10-2)28-41(48(44)55-51)26-35(8)12-4/h13-22,27-30,32-35,42,45-46,49H,9-12,23-26,31H2,1-8H3. The highest BCUT2D eigenvalue weighted by atomic mass is 32.2. The largest absolute Gasteiger partial charge is 0.440 e. The van der Waals surface area contributed by atoms with Gasteiger partial charge in [-0.1, -0.05) is 154 Å². The first-order valence-corrected chi connectivity index (χ1v) is 22.8. The molecule has 8 atom stereocenters. The van der Waals surface area contributed by atoms with Crippen LogP contribution in [0.4, 0.5) is 0 Å². The van der Waals surface area contributed by atoms with E-state index in [1.807, 2.05) is 11.8 Å². The maximum absolute atomic E-state index is 7.05. The molecular weight excluding hydrogens is 705 g/mol. The predicted molar refractivity (Wildman–Crippen MR) is 237 cm³/mol. The summed E-state index contributed by atoms with van der Waals surface area (Å²) in [6, 6.07) is 31.6. The fourth-order valence-electron chi connectivity index (χ4n) is 8.79. The van der Waals surface area contributed by atoms with Gasteiger partial charge in [0.1, 0.15) is 11.0 Å². The molecule has 0 saturated carbocycles. The van der Waals surface area contributed by atoms with Gasteiger partial charge in [-0.3, -0.25) is 0 Å². The van der Waals surface area contributed by atoms with Gasteiger partial charge >= 0.3 is 0 Å². The van der Waals surface area contributed by atoms with Crippen molar-refractivity contribution in [1.29, 1.82) is 0 Å². The first-order valence-electron chi connectivity index (χ1n) is 21.7. The second kappa shape index (κ2) is 18.2. The summed E-state index contributed by atoms with van der Waals surface area (Å²) in [5.74, 6) is 5.21. The van der Waals surface area contributed by atoms with Gasteiger partial charge in [0.15, 0.2) is 17.1 Å². The normalized spacial score (nSPS) is 21.0. The summed E-state index contributed by atoms with van der Waals surface area (Å²) >= 11 is 1.97. The average Bonchev–Trinajstić information content (AvgIpc) is 3.86. The molecule has 56 heavy (non-hydrogen) atoms. The molecule has 1 aliphatic heterocycles. The summed E-state index contributed by atoms with van der Waals surface area (Å²) in [7, 11) is 0. The third-order valence-electron chi connectivity index (χ3n) is 12.9. The number of hydrogen-bond acceptors (Lipinski definition) is 5. The summed E-state index contributed by atoms with van der Waals surface area (Å²) in [6.45, 7) is 18.6. The quantitative estimate of drug-likeness (QED) is 0.0981. The third-order valence-corrected chi connectivity index (χ3v) is 14.3. The number of rotatable bonds is 16. The number of oxazole rings is 2. The number of aromatic nitrogens is 2. The lowest BCUT2D eigenvalue weighted by Gasteiger charge is -2.41. The van der Waals surface area contributed by atoms with E-state index in [9.17, 15) is 0 Å². The first kappa shape index (κ1) is 40.4. The van der Waals surface area contributed by atoms with Crippen LogP contribution in [0.2, 0.25) is 0 Å². The number of hydrogen-bond donors (Lipinski definition) is 0. The van der Waals surface area contributed by atoms with Crippen molar-refractivity contribution >= 4 is 34.0 Å². The van der Waals surface area contributed by atoms with Crippen LogP contribution in [-0.2, 0) is 25.7 Å². The smallest absolute Gasteiger partial charge is 0.209 e. The lowest BCUT2D eigenvalue weighted by molar-refractivity contribution is 0.364. The van der Waals surface area contributed by atoms with Crippen molar-refractivity contribution in [2.45, 2.75) is 130 Å². The van der Waals surface area contributed by atoms with Crippen LogP contribution in [0, 0.1) is 23.7 Å². The Bertz CT molecular complexity index is 2020. The Morgan fingerprint density at radius 2 is 0.982 bits per heavy atom. The van der Waals surface area contributed by atoms with Crippen LogP contribution in [0.25, 0.3) is 22.2 Å². The van der Waals surface area contributed by atoms with Crippen LogP contribution < -0.4 is 0 Å². The molecule has 0 bridgehead atoms. The van der Waals surface area contributed by atoms with Gasteiger partial charge in [0.05, 0.1) is 11.2 Å². The maximum Gasteiger partial charge on any atom is 0.209 e. The molecule has 1 fully saturated rings. The summed E-state index contributed by atoms with van der Waals surface area (Å²) in [4.78, 5) is 10.8. The van der Waals surface area contributed by atoms with Crippen LogP contribution in [-0.4, -0.2) is 15.7 Å². The molecule has 0 aliphatic carbocycles. The fraction of sp³-hybridized carbons (Fsp3) is 0.490. The minimum atomic E-state index is 0.0215. The second-order valence-electron chi connectivity index (χ2n) is 17.4. The summed E-state index contributed by atoms with van der Waals surface area (Å²) in [6.07, 6.45) is 8.75. The molecule has 8 unspecified atom stereocenters. The Hall–Kier alpha value is -3.83. The number of benzene rings is 4. The minimum Gasteiger partial charge on any atom is -0.440 e. The molecule has 3 heterocycles. The topological polar surface area (TPSA) is 52.1 Å². The first-order chi connectivity index (χ1) is 27.2. The molecule has 5 heteroatoms. The van der Waals surface area contributed by atoms with Crippen LogP contribution in [0.3, 0.4) is 0 Å². The molecule has 296 valence electrons. The Morgan fingerprint density at radius 1 is 0.554 bits per heavy atom. The molecule has 7 rings (SSSR count). The summed E-state index contributed by atoms with van der Waals surface area (Å²) in [5.41, 5.74) is 11.9. The molecule has 0 amide bonds. The van der Waals surface area contributed by atoms with Gasteiger partial charge in [0.2, 0.25) is 5.89 Å². The van der Waals surface area contributed by atoms with Gasteiger partial charge in [-0.15, -0.1) is 11.8 Å². The highest BCUT2D eigenvalue weighted by molar-refractivity contribution is 7.99. The van der Waals surface area contributed by atoms with E-state index in [0.717, 1.165) is 78.3 Å². The van der Waals surface area contributed by atoms with E-state index in [-0.39, 0.29) is 23.0 Å². The zero-order chi connectivity index (χ0) is 39.3. The molecule has 6 aromatic rings. The van der Waals surface area contributed by atoms with Crippen molar-refractivity contribution < 1.29 is 8.83 Å². The molecule has 1 saturated heterocycles. The zero-order valence-electron chi connectivity index (χ0n) is 35.2. The van der Waals surface area contributed by atoms with E-state index in [1.165, 1.54) is 46.2 Å². The molecule has 1 aliphatic rings. The molecule has 0 N–H and O–H groups in total. The molecule has 4 aromatic carbocycles. The number of fused-ring (bicyclic) bond motifs is 2. The fourth-order valence-corrected chi connectivity index (χ4v) is 10.3. The van der Waals surface area contributed by atoms with E-state index in [0.29, 0.717) is 23.7 Å². The van der Waals surface area contributed by atoms with Crippen LogP contribution >= 0.6 is 11.8 Å². The highest BCUT2D eigenvalue weighted by Gasteiger charge is 2.46. The molecular formula is C51H64N2O2S. The van der Waals surface area contributed by atoms with Crippen molar-refractivity contribution in [1.82, 2.24) is 9.97 Å². The lowest BCUT2D eigenvalue weighted by Crippen LogP contribution is -2.30. The Kier molecular flexibility index (Phi) is 13.1. The van der Waals surface area contributed by atoms with E-state index < -0.39 is 0 Å².